The van der Waals surface area contributed by atoms with Gasteiger partial charge in [-0.25, -0.2) is 4.39 Å². The quantitative estimate of drug-likeness (QED) is 0.628. The van der Waals surface area contributed by atoms with Gasteiger partial charge >= 0.3 is 0 Å². The Labute approximate surface area is 80.2 Å². The highest BCUT2D eigenvalue weighted by Gasteiger charge is 2.04. The molecule has 1 nitrogen and oxygen atoms in total. The summed E-state index contributed by atoms with van der Waals surface area (Å²) in [5, 5.41) is 1.74. The first-order chi connectivity index (χ1) is 6.18. The molecule has 0 aliphatic rings. The van der Waals surface area contributed by atoms with Gasteiger partial charge in [0.15, 0.2) is 0 Å². The summed E-state index contributed by atoms with van der Waals surface area (Å²) in [7, 11) is 0. The molecule has 0 aliphatic heterocycles. The minimum atomic E-state index is -0.285. The van der Waals surface area contributed by atoms with Gasteiger partial charge in [0.2, 0.25) is 0 Å². The molecule has 13 heavy (non-hydrogen) atoms. The number of hydrogen-bond donors (Lipinski definition) is 0. The number of aromatic nitrogens is 1. The zero-order valence-corrected chi connectivity index (χ0v) is 7.77. The molecule has 0 radical (unpaired) electrons. The van der Waals surface area contributed by atoms with Gasteiger partial charge in [-0.3, -0.25) is 4.98 Å². The van der Waals surface area contributed by atoms with Gasteiger partial charge in [0.25, 0.3) is 0 Å². The first-order valence-electron chi connectivity index (χ1n) is 3.89. The van der Waals surface area contributed by atoms with E-state index in [0.717, 1.165) is 5.69 Å². The zero-order valence-electron chi connectivity index (χ0n) is 7.01. The third-order valence-corrected chi connectivity index (χ3v) is 2.26. The number of nitrogens with zero attached hydrogens (tertiary/aromatic N) is 1. The van der Waals surface area contributed by atoms with E-state index in [1.54, 1.807) is 12.1 Å². The first kappa shape index (κ1) is 8.45. The van der Waals surface area contributed by atoms with Crippen LogP contribution in [0.4, 0.5) is 4.39 Å². The van der Waals surface area contributed by atoms with Crippen molar-refractivity contribution in [3.63, 3.8) is 0 Å². The van der Waals surface area contributed by atoms with Crippen LogP contribution in [-0.4, -0.2) is 4.98 Å². The number of pyridine rings is 1. The van der Waals surface area contributed by atoms with Crippen molar-refractivity contribution in [2.75, 3.05) is 0 Å². The molecule has 66 valence electrons. The van der Waals surface area contributed by atoms with Gasteiger partial charge in [-0.05, 0) is 25.1 Å². The van der Waals surface area contributed by atoms with Crippen LogP contribution >= 0.6 is 11.6 Å². The van der Waals surface area contributed by atoms with Gasteiger partial charge in [-0.1, -0.05) is 11.6 Å². The highest BCUT2D eigenvalue weighted by molar-refractivity contribution is 6.35. The second-order valence-corrected chi connectivity index (χ2v) is 3.31. The SMILES string of the molecule is Cc1cc2c(Cl)ccc(F)c2cn1. The number of hydrogen-bond acceptors (Lipinski definition) is 1. The van der Waals surface area contributed by atoms with E-state index >= 15 is 0 Å². The maximum absolute atomic E-state index is 13.2. The highest BCUT2D eigenvalue weighted by atomic mass is 35.5. The summed E-state index contributed by atoms with van der Waals surface area (Å²) in [6.45, 7) is 1.85. The van der Waals surface area contributed by atoms with Crippen molar-refractivity contribution in [1.82, 2.24) is 4.98 Å². The minimum absolute atomic E-state index is 0.285. The molecule has 3 heteroatoms. The molecule has 0 unspecified atom stereocenters. The monoisotopic (exact) mass is 195 g/mol. The fourth-order valence-electron chi connectivity index (χ4n) is 1.27. The van der Waals surface area contributed by atoms with Gasteiger partial charge in [-0.15, -0.1) is 0 Å². The Balaban J connectivity index is 2.92. The lowest BCUT2D eigenvalue weighted by Crippen LogP contribution is -1.85. The van der Waals surface area contributed by atoms with Crippen molar-refractivity contribution >= 4 is 22.4 Å². The van der Waals surface area contributed by atoms with Crippen molar-refractivity contribution in [3.05, 3.63) is 40.9 Å². The van der Waals surface area contributed by atoms with E-state index < -0.39 is 0 Å². The van der Waals surface area contributed by atoms with Crippen LogP contribution < -0.4 is 0 Å². The predicted octanol–water partition coefficient (Wildman–Crippen LogP) is 3.34. The van der Waals surface area contributed by atoms with E-state index in [4.69, 9.17) is 11.6 Å². The number of halogens is 2. The van der Waals surface area contributed by atoms with Gasteiger partial charge < -0.3 is 0 Å². The van der Waals surface area contributed by atoms with Crippen LogP contribution in [0.3, 0.4) is 0 Å². The smallest absolute Gasteiger partial charge is 0.132 e. The molecular weight excluding hydrogens is 189 g/mol. The van der Waals surface area contributed by atoms with Crippen molar-refractivity contribution < 1.29 is 4.39 Å². The lowest BCUT2D eigenvalue weighted by molar-refractivity contribution is 0.639. The fourth-order valence-corrected chi connectivity index (χ4v) is 1.49. The lowest BCUT2D eigenvalue weighted by atomic mass is 10.1. The Morgan fingerprint density at radius 3 is 2.85 bits per heavy atom. The number of benzene rings is 1. The Morgan fingerprint density at radius 1 is 1.31 bits per heavy atom. The van der Waals surface area contributed by atoms with Crippen LogP contribution in [0, 0.1) is 12.7 Å². The number of rotatable bonds is 0. The first-order valence-corrected chi connectivity index (χ1v) is 4.26. The van der Waals surface area contributed by atoms with Crippen molar-refractivity contribution in [2.24, 2.45) is 0 Å². The van der Waals surface area contributed by atoms with Crippen molar-refractivity contribution in [2.45, 2.75) is 6.92 Å². The molecule has 1 aromatic carbocycles. The second kappa shape index (κ2) is 2.96. The molecule has 0 aliphatic carbocycles. The fraction of sp³-hybridized carbons (Fsp3) is 0.100. The summed E-state index contributed by atoms with van der Waals surface area (Å²) in [4.78, 5) is 4.01. The van der Waals surface area contributed by atoms with E-state index in [0.29, 0.717) is 15.8 Å². The molecule has 0 saturated heterocycles. The maximum Gasteiger partial charge on any atom is 0.132 e. The molecule has 2 rings (SSSR count). The van der Waals surface area contributed by atoms with Crippen LogP contribution in [0.15, 0.2) is 24.4 Å². The van der Waals surface area contributed by atoms with E-state index in [1.165, 1.54) is 12.3 Å². The molecule has 0 spiro atoms. The van der Waals surface area contributed by atoms with Crippen LogP contribution in [0.1, 0.15) is 5.69 Å². The third-order valence-electron chi connectivity index (χ3n) is 1.93. The second-order valence-electron chi connectivity index (χ2n) is 2.90. The van der Waals surface area contributed by atoms with Gasteiger partial charge in [0.1, 0.15) is 5.82 Å². The molecule has 0 atom stereocenters. The van der Waals surface area contributed by atoms with Crippen LogP contribution in [0.25, 0.3) is 10.8 Å². The minimum Gasteiger partial charge on any atom is -0.261 e. The summed E-state index contributed by atoms with van der Waals surface area (Å²) >= 11 is 5.91. The van der Waals surface area contributed by atoms with Crippen LogP contribution in [0.5, 0.6) is 0 Å². The third kappa shape index (κ3) is 1.38. The molecule has 2 aromatic rings. The van der Waals surface area contributed by atoms with Crippen molar-refractivity contribution in [3.8, 4) is 0 Å². The van der Waals surface area contributed by atoms with E-state index in [9.17, 15) is 4.39 Å². The summed E-state index contributed by atoms with van der Waals surface area (Å²) < 4.78 is 13.2. The normalized spacial score (nSPS) is 10.7. The molecule has 1 heterocycles. The van der Waals surface area contributed by atoms with Gasteiger partial charge in [-0.2, -0.15) is 0 Å². The average molecular weight is 196 g/mol. The van der Waals surface area contributed by atoms with E-state index in [1.807, 2.05) is 6.92 Å². The maximum atomic E-state index is 13.2. The molecule has 0 saturated carbocycles. The standard InChI is InChI=1S/C10H7ClFN/c1-6-4-7-8(5-13-6)10(12)3-2-9(7)11/h2-5H,1H3. The average Bonchev–Trinajstić information content (AvgIpc) is 2.12. The summed E-state index contributed by atoms with van der Waals surface area (Å²) in [6.07, 6.45) is 1.51. The lowest BCUT2D eigenvalue weighted by Gasteiger charge is -2.01. The van der Waals surface area contributed by atoms with Gasteiger partial charge in [0, 0.05) is 27.7 Å². The molecular formula is C10H7ClFN. The number of aryl methyl sites for hydroxylation is 1. The number of fused-ring (bicyclic) bond motifs is 1. The van der Waals surface area contributed by atoms with E-state index in [-0.39, 0.29) is 5.82 Å². The van der Waals surface area contributed by atoms with Crippen LogP contribution in [-0.2, 0) is 0 Å². The Hall–Kier alpha value is -1.15. The molecule has 0 amide bonds. The van der Waals surface area contributed by atoms with E-state index in [2.05, 4.69) is 4.98 Å². The molecule has 0 N–H and O–H groups in total. The molecule has 1 aromatic heterocycles. The van der Waals surface area contributed by atoms with Crippen molar-refractivity contribution in [1.29, 1.82) is 0 Å². The molecule has 0 fully saturated rings. The largest absolute Gasteiger partial charge is 0.261 e. The Kier molecular flexibility index (Phi) is 1.93. The van der Waals surface area contributed by atoms with Crippen LogP contribution in [0.2, 0.25) is 5.02 Å². The predicted molar refractivity (Wildman–Crippen MR) is 51.4 cm³/mol. The topological polar surface area (TPSA) is 12.9 Å². The zero-order chi connectivity index (χ0) is 9.42. The summed E-state index contributed by atoms with van der Waals surface area (Å²) in [5.74, 6) is -0.285. The summed E-state index contributed by atoms with van der Waals surface area (Å²) in [6, 6.07) is 4.68. The highest BCUT2D eigenvalue weighted by Crippen LogP contribution is 2.25. The van der Waals surface area contributed by atoms with Gasteiger partial charge in [0.05, 0.1) is 0 Å². The summed E-state index contributed by atoms with van der Waals surface area (Å²) in [5.41, 5.74) is 0.833. The molecule has 0 bridgehead atoms. The Bertz CT molecular complexity index is 468. The Morgan fingerprint density at radius 2 is 2.08 bits per heavy atom.